The second kappa shape index (κ2) is 6.21. The minimum absolute atomic E-state index is 0.00694. The van der Waals surface area contributed by atoms with Gasteiger partial charge >= 0.3 is 5.97 Å². The van der Waals surface area contributed by atoms with Gasteiger partial charge in [0.15, 0.2) is 0 Å². The summed E-state index contributed by atoms with van der Waals surface area (Å²) in [6, 6.07) is 0. The number of carboxylic acids is 1. The molecule has 2 N–H and O–H groups in total. The third-order valence-corrected chi connectivity index (χ3v) is 4.08. The second-order valence-corrected chi connectivity index (χ2v) is 5.73. The van der Waals surface area contributed by atoms with E-state index in [0.29, 0.717) is 6.42 Å². The number of hydrogen-bond acceptors (Lipinski definition) is 2. The van der Waals surface area contributed by atoms with Crippen LogP contribution in [-0.4, -0.2) is 22.5 Å². The number of carboxylic acid groups (broad SMARTS) is 1. The predicted molar refractivity (Wildman–Crippen MR) is 70.2 cm³/mol. The van der Waals surface area contributed by atoms with E-state index in [2.05, 4.69) is 5.32 Å². The lowest BCUT2D eigenvalue weighted by molar-refractivity contribution is -0.147. The monoisotopic (exact) mass is 255 g/mol. The molecular formula is C14H25NO3. The summed E-state index contributed by atoms with van der Waals surface area (Å²) in [4.78, 5) is 23.4. The van der Waals surface area contributed by atoms with Crippen molar-refractivity contribution in [2.75, 3.05) is 0 Å². The molecule has 104 valence electrons. The molecular weight excluding hydrogens is 230 g/mol. The Morgan fingerprint density at radius 2 is 2.11 bits per heavy atom. The first-order valence-electron chi connectivity index (χ1n) is 6.95. The fourth-order valence-corrected chi connectivity index (χ4v) is 2.85. The van der Waals surface area contributed by atoms with Gasteiger partial charge in [0.05, 0.1) is 11.5 Å². The SMILES string of the molecule is CCCC(C)C(=O)NC1(C)CCCCC1C(=O)O. The molecule has 3 unspecified atom stereocenters. The second-order valence-electron chi connectivity index (χ2n) is 5.73. The van der Waals surface area contributed by atoms with Crippen molar-refractivity contribution < 1.29 is 14.7 Å². The van der Waals surface area contributed by atoms with Gasteiger partial charge in [0.2, 0.25) is 5.91 Å². The number of carbonyl (C=O) groups is 2. The van der Waals surface area contributed by atoms with Crippen LogP contribution in [-0.2, 0) is 9.59 Å². The molecule has 4 nitrogen and oxygen atoms in total. The van der Waals surface area contributed by atoms with Gasteiger partial charge in [-0.3, -0.25) is 9.59 Å². The Morgan fingerprint density at radius 1 is 1.44 bits per heavy atom. The van der Waals surface area contributed by atoms with E-state index in [4.69, 9.17) is 0 Å². The van der Waals surface area contributed by atoms with Gasteiger partial charge in [0.1, 0.15) is 0 Å². The Hall–Kier alpha value is -1.06. The van der Waals surface area contributed by atoms with Crippen molar-refractivity contribution in [3.05, 3.63) is 0 Å². The van der Waals surface area contributed by atoms with E-state index >= 15 is 0 Å². The molecule has 0 aromatic rings. The molecule has 0 spiro atoms. The summed E-state index contributed by atoms with van der Waals surface area (Å²) in [5.74, 6) is -1.29. The summed E-state index contributed by atoms with van der Waals surface area (Å²) in [5.41, 5.74) is -0.580. The first-order valence-corrected chi connectivity index (χ1v) is 6.95. The van der Waals surface area contributed by atoms with Crippen molar-refractivity contribution >= 4 is 11.9 Å². The van der Waals surface area contributed by atoms with Gasteiger partial charge in [-0.1, -0.05) is 33.1 Å². The summed E-state index contributed by atoms with van der Waals surface area (Å²) >= 11 is 0. The highest BCUT2D eigenvalue weighted by atomic mass is 16.4. The fraction of sp³-hybridized carbons (Fsp3) is 0.857. The molecule has 0 aromatic carbocycles. The lowest BCUT2D eigenvalue weighted by Gasteiger charge is -2.40. The minimum atomic E-state index is -0.791. The maximum Gasteiger partial charge on any atom is 0.308 e. The van der Waals surface area contributed by atoms with Gasteiger partial charge in [0.25, 0.3) is 0 Å². The summed E-state index contributed by atoms with van der Waals surface area (Å²) < 4.78 is 0. The summed E-state index contributed by atoms with van der Waals surface area (Å²) in [6.07, 6.45) is 5.16. The van der Waals surface area contributed by atoms with E-state index in [-0.39, 0.29) is 11.8 Å². The zero-order chi connectivity index (χ0) is 13.8. The largest absolute Gasteiger partial charge is 0.481 e. The molecule has 0 bridgehead atoms. The molecule has 1 aliphatic rings. The molecule has 18 heavy (non-hydrogen) atoms. The summed E-state index contributed by atoms with van der Waals surface area (Å²) in [6.45, 7) is 5.83. The van der Waals surface area contributed by atoms with E-state index in [1.165, 1.54) is 0 Å². The lowest BCUT2D eigenvalue weighted by Crippen LogP contribution is -2.56. The first kappa shape index (κ1) is 15.0. The number of aliphatic carboxylic acids is 1. The molecule has 0 heterocycles. The third kappa shape index (κ3) is 3.47. The van der Waals surface area contributed by atoms with Crippen LogP contribution < -0.4 is 5.32 Å². The zero-order valence-electron chi connectivity index (χ0n) is 11.7. The molecule has 0 aliphatic heterocycles. The minimum Gasteiger partial charge on any atom is -0.481 e. The van der Waals surface area contributed by atoms with Gasteiger partial charge < -0.3 is 10.4 Å². The molecule has 1 saturated carbocycles. The highest BCUT2D eigenvalue weighted by Crippen LogP contribution is 2.34. The predicted octanol–water partition coefficient (Wildman–Crippen LogP) is 2.57. The number of hydrogen-bond donors (Lipinski definition) is 2. The smallest absolute Gasteiger partial charge is 0.308 e. The highest BCUT2D eigenvalue weighted by Gasteiger charge is 2.42. The van der Waals surface area contributed by atoms with Crippen LogP contribution in [0.2, 0.25) is 0 Å². The van der Waals surface area contributed by atoms with E-state index in [0.717, 1.165) is 32.1 Å². The first-order chi connectivity index (χ1) is 8.40. The average molecular weight is 255 g/mol. The molecule has 0 radical (unpaired) electrons. The Morgan fingerprint density at radius 3 is 2.67 bits per heavy atom. The van der Waals surface area contributed by atoms with Crippen molar-refractivity contribution in [3.63, 3.8) is 0 Å². The Balaban J connectivity index is 2.71. The van der Waals surface area contributed by atoms with Gasteiger partial charge in [-0.25, -0.2) is 0 Å². The Labute approximate surface area is 109 Å². The zero-order valence-corrected chi connectivity index (χ0v) is 11.7. The van der Waals surface area contributed by atoms with Crippen molar-refractivity contribution in [1.82, 2.24) is 5.32 Å². The molecule has 0 saturated heterocycles. The van der Waals surface area contributed by atoms with Crippen LogP contribution in [0.4, 0.5) is 0 Å². The number of rotatable bonds is 5. The van der Waals surface area contributed by atoms with Crippen LogP contribution >= 0.6 is 0 Å². The van der Waals surface area contributed by atoms with Crippen molar-refractivity contribution in [2.45, 2.75) is 64.8 Å². The van der Waals surface area contributed by atoms with Crippen LogP contribution in [0.5, 0.6) is 0 Å². The maximum absolute atomic E-state index is 12.1. The topological polar surface area (TPSA) is 66.4 Å². The van der Waals surface area contributed by atoms with Crippen LogP contribution in [0.25, 0.3) is 0 Å². The fourth-order valence-electron chi connectivity index (χ4n) is 2.85. The van der Waals surface area contributed by atoms with Crippen LogP contribution in [0.3, 0.4) is 0 Å². The van der Waals surface area contributed by atoms with Gasteiger partial charge in [-0.05, 0) is 26.2 Å². The number of amides is 1. The third-order valence-electron chi connectivity index (χ3n) is 4.08. The van der Waals surface area contributed by atoms with E-state index in [1.54, 1.807) is 0 Å². The van der Waals surface area contributed by atoms with Crippen LogP contribution in [0.15, 0.2) is 0 Å². The van der Waals surface area contributed by atoms with E-state index in [1.807, 2.05) is 20.8 Å². The molecule has 4 heteroatoms. The van der Waals surface area contributed by atoms with Crippen molar-refractivity contribution in [3.8, 4) is 0 Å². The van der Waals surface area contributed by atoms with E-state index in [9.17, 15) is 14.7 Å². The van der Waals surface area contributed by atoms with E-state index < -0.39 is 17.4 Å². The number of nitrogens with one attached hydrogen (secondary N) is 1. The average Bonchev–Trinajstić information content (AvgIpc) is 2.28. The lowest BCUT2D eigenvalue weighted by atomic mass is 9.73. The highest BCUT2D eigenvalue weighted by molar-refractivity contribution is 5.80. The van der Waals surface area contributed by atoms with Crippen LogP contribution in [0, 0.1) is 11.8 Å². The van der Waals surface area contributed by atoms with Crippen LogP contribution in [0.1, 0.15) is 59.3 Å². The maximum atomic E-state index is 12.1. The Kier molecular flexibility index (Phi) is 5.17. The molecule has 3 atom stereocenters. The standard InChI is InChI=1S/C14H25NO3/c1-4-7-10(2)12(16)15-14(3)9-6-5-8-11(14)13(17)18/h10-11H,4-9H2,1-3H3,(H,15,16)(H,17,18). The molecule has 1 amide bonds. The van der Waals surface area contributed by atoms with Gasteiger partial charge in [-0.2, -0.15) is 0 Å². The molecule has 1 aliphatic carbocycles. The quantitative estimate of drug-likeness (QED) is 0.793. The van der Waals surface area contributed by atoms with Crippen molar-refractivity contribution in [1.29, 1.82) is 0 Å². The Bertz CT molecular complexity index is 316. The summed E-state index contributed by atoms with van der Waals surface area (Å²) in [5, 5.41) is 12.3. The normalized spacial score (nSPS) is 29.6. The van der Waals surface area contributed by atoms with Crippen molar-refractivity contribution in [2.24, 2.45) is 11.8 Å². The van der Waals surface area contributed by atoms with Gasteiger partial charge in [-0.15, -0.1) is 0 Å². The number of carbonyl (C=O) groups excluding carboxylic acids is 1. The molecule has 0 aromatic heterocycles. The van der Waals surface area contributed by atoms with Gasteiger partial charge in [0, 0.05) is 5.92 Å². The molecule has 1 rings (SSSR count). The molecule has 1 fully saturated rings. The summed E-state index contributed by atoms with van der Waals surface area (Å²) in [7, 11) is 0.